The lowest BCUT2D eigenvalue weighted by atomic mass is 9.95. The summed E-state index contributed by atoms with van der Waals surface area (Å²) >= 11 is 1.84. The fraction of sp³-hybridized carbons (Fsp3) is 0.600. The third kappa shape index (κ3) is 4.34. The molecule has 2 aromatic heterocycles. The molecule has 124 valence electrons. The molecular formula is C15H22N6OS. The second kappa shape index (κ2) is 7.16. The van der Waals surface area contributed by atoms with Gasteiger partial charge < -0.3 is 9.88 Å². The first-order valence-electron chi connectivity index (χ1n) is 7.91. The number of amides is 1. The van der Waals surface area contributed by atoms with Crippen molar-refractivity contribution in [3.05, 3.63) is 24.0 Å². The Hall–Kier alpha value is -1.83. The van der Waals surface area contributed by atoms with E-state index in [1.165, 1.54) is 0 Å². The number of H-pyrrole nitrogens is 1. The van der Waals surface area contributed by atoms with E-state index in [2.05, 4.69) is 30.0 Å². The van der Waals surface area contributed by atoms with E-state index in [-0.39, 0.29) is 18.4 Å². The van der Waals surface area contributed by atoms with Crippen LogP contribution in [0.25, 0.3) is 0 Å². The van der Waals surface area contributed by atoms with E-state index in [9.17, 15) is 4.79 Å². The first-order valence-corrected chi connectivity index (χ1v) is 8.79. The molecular weight excluding hydrogens is 312 g/mol. The van der Waals surface area contributed by atoms with E-state index >= 15 is 0 Å². The highest BCUT2D eigenvalue weighted by molar-refractivity contribution is 7.99. The van der Waals surface area contributed by atoms with E-state index in [0.29, 0.717) is 11.1 Å². The number of nitrogens with zero attached hydrogens (tertiary/aromatic N) is 4. The zero-order valence-electron chi connectivity index (χ0n) is 13.5. The number of nitrogens with one attached hydrogen (secondary N) is 2. The van der Waals surface area contributed by atoms with E-state index in [4.69, 9.17) is 0 Å². The third-order valence-corrected chi connectivity index (χ3v) is 5.46. The molecule has 0 unspecified atom stereocenters. The number of aryl methyl sites for hydroxylation is 2. The second-order valence-corrected chi connectivity index (χ2v) is 7.26. The van der Waals surface area contributed by atoms with Gasteiger partial charge in [0, 0.05) is 30.7 Å². The third-order valence-electron chi connectivity index (χ3n) is 4.05. The Balaban J connectivity index is 1.42. The predicted molar refractivity (Wildman–Crippen MR) is 88.1 cm³/mol. The van der Waals surface area contributed by atoms with Crippen molar-refractivity contribution in [1.29, 1.82) is 0 Å². The van der Waals surface area contributed by atoms with Crippen LogP contribution in [0, 0.1) is 6.92 Å². The van der Waals surface area contributed by atoms with Gasteiger partial charge in [-0.25, -0.2) is 9.97 Å². The number of carbonyl (C=O) groups excluding carboxylic acids is 1. The first-order chi connectivity index (χ1) is 11.1. The fourth-order valence-electron chi connectivity index (χ4n) is 2.83. The molecule has 2 N–H and O–H groups in total. The molecule has 1 amide bonds. The van der Waals surface area contributed by atoms with Crippen LogP contribution in [0.15, 0.2) is 17.6 Å². The SMILES string of the molecule is Cc1nc(CC(=O)NC2CCC(Sc3nccn3C)CC2)n[nH]1. The van der Waals surface area contributed by atoms with Crippen LogP contribution < -0.4 is 5.32 Å². The van der Waals surface area contributed by atoms with Gasteiger partial charge >= 0.3 is 0 Å². The zero-order valence-corrected chi connectivity index (χ0v) is 14.3. The molecule has 0 radical (unpaired) electrons. The van der Waals surface area contributed by atoms with Crippen LogP contribution >= 0.6 is 11.8 Å². The number of rotatable bonds is 5. The summed E-state index contributed by atoms with van der Waals surface area (Å²) in [6.07, 6.45) is 8.27. The maximum Gasteiger partial charge on any atom is 0.227 e. The summed E-state index contributed by atoms with van der Waals surface area (Å²) < 4.78 is 2.05. The molecule has 1 fully saturated rings. The standard InChI is InChI=1S/C15H22N6OS/c1-10-17-13(20-19-10)9-14(22)18-11-3-5-12(6-4-11)23-15-16-7-8-21(15)2/h7-8,11-12H,3-6,9H2,1-2H3,(H,18,22)(H,17,19,20). The summed E-state index contributed by atoms with van der Waals surface area (Å²) in [5.74, 6) is 1.29. The molecule has 2 heterocycles. The molecule has 1 saturated carbocycles. The van der Waals surface area contributed by atoms with Crippen LogP contribution in [-0.2, 0) is 18.3 Å². The molecule has 0 bridgehead atoms. The van der Waals surface area contributed by atoms with E-state index in [1.807, 2.05) is 38.1 Å². The summed E-state index contributed by atoms with van der Waals surface area (Å²) in [5.41, 5.74) is 0. The van der Waals surface area contributed by atoms with Gasteiger partial charge in [0.15, 0.2) is 11.0 Å². The van der Waals surface area contributed by atoms with Crippen molar-refractivity contribution in [2.75, 3.05) is 0 Å². The highest BCUT2D eigenvalue weighted by atomic mass is 32.2. The largest absolute Gasteiger partial charge is 0.353 e. The number of thioether (sulfide) groups is 1. The van der Waals surface area contributed by atoms with E-state index in [1.54, 1.807) is 0 Å². The zero-order chi connectivity index (χ0) is 16.2. The average molecular weight is 334 g/mol. The summed E-state index contributed by atoms with van der Waals surface area (Å²) in [6.45, 7) is 1.83. The Kier molecular flexibility index (Phi) is 5.00. The summed E-state index contributed by atoms with van der Waals surface area (Å²) in [7, 11) is 2.02. The minimum absolute atomic E-state index is 0.00389. The van der Waals surface area contributed by atoms with Gasteiger partial charge in [0.1, 0.15) is 5.82 Å². The van der Waals surface area contributed by atoms with Crippen molar-refractivity contribution in [2.45, 2.75) is 55.5 Å². The lowest BCUT2D eigenvalue weighted by molar-refractivity contribution is -0.121. The van der Waals surface area contributed by atoms with Crippen molar-refractivity contribution in [2.24, 2.45) is 7.05 Å². The molecule has 2 aromatic rings. The van der Waals surface area contributed by atoms with E-state index in [0.717, 1.165) is 36.7 Å². The van der Waals surface area contributed by atoms with Crippen molar-refractivity contribution in [3.63, 3.8) is 0 Å². The van der Waals surface area contributed by atoms with Gasteiger partial charge in [-0.15, -0.1) is 0 Å². The van der Waals surface area contributed by atoms with Gasteiger partial charge in [0.25, 0.3) is 0 Å². The van der Waals surface area contributed by atoms with Crippen LogP contribution in [0.2, 0.25) is 0 Å². The fourth-order valence-corrected chi connectivity index (χ4v) is 3.98. The predicted octanol–water partition coefficient (Wildman–Crippen LogP) is 1.61. The van der Waals surface area contributed by atoms with Gasteiger partial charge in [-0.3, -0.25) is 9.89 Å². The number of hydrogen-bond donors (Lipinski definition) is 2. The lowest BCUT2D eigenvalue weighted by Crippen LogP contribution is -2.39. The molecule has 7 nitrogen and oxygen atoms in total. The topological polar surface area (TPSA) is 88.5 Å². The maximum atomic E-state index is 12.0. The molecule has 0 aliphatic heterocycles. The molecule has 3 rings (SSSR count). The molecule has 0 aromatic carbocycles. The summed E-state index contributed by atoms with van der Waals surface area (Å²) in [6, 6.07) is 0.265. The Bertz CT molecular complexity index is 658. The first kappa shape index (κ1) is 16.0. The number of carbonyl (C=O) groups is 1. The average Bonchev–Trinajstić information content (AvgIpc) is 3.10. The highest BCUT2D eigenvalue weighted by Crippen LogP contribution is 2.32. The minimum Gasteiger partial charge on any atom is -0.353 e. The second-order valence-electron chi connectivity index (χ2n) is 5.99. The van der Waals surface area contributed by atoms with Crippen LogP contribution in [0.5, 0.6) is 0 Å². The van der Waals surface area contributed by atoms with Crippen molar-refractivity contribution < 1.29 is 4.79 Å². The molecule has 1 aliphatic carbocycles. The molecule has 1 aliphatic rings. The van der Waals surface area contributed by atoms with E-state index < -0.39 is 0 Å². The minimum atomic E-state index is 0.00389. The van der Waals surface area contributed by atoms with Gasteiger partial charge in [0.2, 0.25) is 5.91 Å². The number of hydrogen-bond acceptors (Lipinski definition) is 5. The monoisotopic (exact) mass is 334 g/mol. The van der Waals surface area contributed by atoms with Crippen molar-refractivity contribution >= 4 is 17.7 Å². The van der Waals surface area contributed by atoms with Gasteiger partial charge in [-0.05, 0) is 32.6 Å². The Labute approximate surface area is 139 Å². The smallest absolute Gasteiger partial charge is 0.227 e. The summed E-state index contributed by atoms with van der Waals surface area (Å²) in [4.78, 5) is 20.6. The Morgan fingerprint density at radius 3 is 2.83 bits per heavy atom. The van der Waals surface area contributed by atoms with Gasteiger partial charge in [-0.1, -0.05) is 11.8 Å². The van der Waals surface area contributed by atoms with Crippen molar-refractivity contribution in [3.8, 4) is 0 Å². The molecule has 0 saturated heterocycles. The number of aromatic nitrogens is 5. The number of aromatic amines is 1. The quantitative estimate of drug-likeness (QED) is 0.867. The lowest BCUT2D eigenvalue weighted by Gasteiger charge is -2.28. The molecule has 8 heteroatoms. The number of imidazole rings is 1. The molecule has 0 atom stereocenters. The molecule has 23 heavy (non-hydrogen) atoms. The normalized spacial score (nSPS) is 21.3. The van der Waals surface area contributed by atoms with Gasteiger partial charge in [0.05, 0.1) is 6.42 Å². The maximum absolute atomic E-state index is 12.0. The van der Waals surface area contributed by atoms with Crippen LogP contribution in [-0.4, -0.2) is 41.9 Å². The Morgan fingerprint density at radius 1 is 1.43 bits per heavy atom. The highest BCUT2D eigenvalue weighted by Gasteiger charge is 2.24. The summed E-state index contributed by atoms with van der Waals surface area (Å²) in [5, 5.41) is 11.5. The van der Waals surface area contributed by atoms with Crippen LogP contribution in [0.3, 0.4) is 0 Å². The van der Waals surface area contributed by atoms with Crippen LogP contribution in [0.1, 0.15) is 37.3 Å². The van der Waals surface area contributed by atoms with Crippen LogP contribution in [0.4, 0.5) is 0 Å². The Morgan fingerprint density at radius 2 is 2.22 bits per heavy atom. The van der Waals surface area contributed by atoms with Crippen molar-refractivity contribution in [1.82, 2.24) is 30.0 Å². The van der Waals surface area contributed by atoms with Gasteiger partial charge in [-0.2, -0.15) is 5.10 Å². The molecule has 0 spiro atoms.